The lowest BCUT2D eigenvalue weighted by Crippen LogP contribution is -2.47. The van der Waals surface area contributed by atoms with Crippen molar-refractivity contribution >= 4 is 12.0 Å². The Kier molecular flexibility index (Phi) is 4.23. The number of H-pyrrole nitrogens is 1. The Balaban J connectivity index is 2.05. The number of carbonyl (C=O) groups is 2. The molecule has 1 saturated heterocycles. The fourth-order valence-corrected chi connectivity index (χ4v) is 2.34. The van der Waals surface area contributed by atoms with Gasteiger partial charge in [0.2, 0.25) is 0 Å². The molecule has 0 aliphatic carbocycles. The summed E-state index contributed by atoms with van der Waals surface area (Å²) in [5.41, 5.74) is 0. The van der Waals surface area contributed by atoms with E-state index in [9.17, 15) is 14.7 Å². The largest absolute Gasteiger partial charge is 0.480 e. The number of imidazole rings is 1. The van der Waals surface area contributed by atoms with Gasteiger partial charge in [-0.2, -0.15) is 0 Å². The quantitative estimate of drug-likeness (QED) is 0.624. The highest BCUT2D eigenvalue weighted by Crippen LogP contribution is 2.20. The number of rotatable bonds is 4. The van der Waals surface area contributed by atoms with Gasteiger partial charge in [-0.15, -0.1) is 0 Å². The molecule has 8 nitrogen and oxygen atoms in total. The van der Waals surface area contributed by atoms with Crippen LogP contribution in [0.3, 0.4) is 0 Å². The second-order valence-electron chi connectivity index (χ2n) is 4.78. The highest BCUT2D eigenvalue weighted by molar-refractivity contribution is 5.83. The SMILES string of the molecule is CCC(NC(=O)N1C[C@H](O)C[C@@H]1C(=O)O)c1ncc[nH]1. The van der Waals surface area contributed by atoms with E-state index in [1.165, 1.54) is 0 Å². The van der Waals surface area contributed by atoms with Crippen LogP contribution in [0.4, 0.5) is 4.79 Å². The van der Waals surface area contributed by atoms with Gasteiger partial charge in [-0.3, -0.25) is 0 Å². The molecular formula is C12H18N4O4. The van der Waals surface area contributed by atoms with Crippen molar-refractivity contribution in [1.82, 2.24) is 20.2 Å². The minimum atomic E-state index is -1.11. The highest BCUT2D eigenvalue weighted by atomic mass is 16.4. The number of hydrogen-bond donors (Lipinski definition) is 4. The maximum Gasteiger partial charge on any atom is 0.326 e. The molecule has 1 aromatic rings. The maximum atomic E-state index is 12.2. The third kappa shape index (κ3) is 2.90. The summed E-state index contributed by atoms with van der Waals surface area (Å²) in [5.74, 6) is -0.491. The van der Waals surface area contributed by atoms with E-state index in [-0.39, 0.29) is 19.0 Å². The Hall–Kier alpha value is -2.09. The zero-order valence-electron chi connectivity index (χ0n) is 11.1. The minimum absolute atomic E-state index is 0.0252. The molecule has 1 aliphatic rings. The van der Waals surface area contributed by atoms with E-state index in [2.05, 4.69) is 15.3 Å². The first kappa shape index (κ1) is 14.3. The number of β-amino-alcohol motifs (C(OH)–C–C–N with tert-alkyl or cyclic N) is 1. The van der Waals surface area contributed by atoms with Gasteiger partial charge in [0.25, 0.3) is 0 Å². The number of likely N-dealkylation sites (tertiary alicyclic amines) is 1. The standard InChI is InChI=1S/C12H18N4O4/c1-2-8(10-13-3-4-14-10)15-12(20)16-6-7(17)5-9(16)11(18)19/h3-4,7-9,17H,2,5-6H2,1H3,(H,13,14)(H,15,20)(H,18,19)/t7-,8?,9-/m1/s1. The first-order valence-electron chi connectivity index (χ1n) is 6.50. The maximum absolute atomic E-state index is 12.2. The number of aliphatic hydroxyl groups is 1. The molecule has 110 valence electrons. The molecule has 1 aromatic heterocycles. The summed E-state index contributed by atoms with van der Waals surface area (Å²) in [7, 11) is 0. The predicted molar refractivity (Wildman–Crippen MR) is 68.9 cm³/mol. The van der Waals surface area contributed by atoms with Crippen LogP contribution in [0.1, 0.15) is 31.6 Å². The molecule has 0 spiro atoms. The minimum Gasteiger partial charge on any atom is -0.480 e. The molecule has 0 aromatic carbocycles. The van der Waals surface area contributed by atoms with Crippen LogP contribution < -0.4 is 5.32 Å². The summed E-state index contributed by atoms with van der Waals surface area (Å²) in [6, 6.07) is -1.80. The number of nitrogens with one attached hydrogen (secondary N) is 2. The number of amides is 2. The summed E-state index contributed by atoms with van der Waals surface area (Å²) in [6.45, 7) is 1.92. The van der Waals surface area contributed by atoms with Gasteiger partial charge in [-0.1, -0.05) is 6.92 Å². The number of aromatic amines is 1. The van der Waals surface area contributed by atoms with Crippen molar-refractivity contribution in [3.63, 3.8) is 0 Å². The second-order valence-corrected chi connectivity index (χ2v) is 4.78. The van der Waals surface area contributed by atoms with E-state index >= 15 is 0 Å². The zero-order chi connectivity index (χ0) is 14.7. The lowest BCUT2D eigenvalue weighted by atomic mass is 10.2. The van der Waals surface area contributed by atoms with Gasteiger partial charge >= 0.3 is 12.0 Å². The average Bonchev–Trinajstić information content (AvgIpc) is 3.04. The van der Waals surface area contributed by atoms with Crippen molar-refractivity contribution < 1.29 is 19.8 Å². The van der Waals surface area contributed by atoms with E-state index in [1.807, 2.05) is 6.92 Å². The number of hydrogen-bond acceptors (Lipinski definition) is 4. The van der Waals surface area contributed by atoms with E-state index in [0.29, 0.717) is 12.2 Å². The number of aromatic nitrogens is 2. The van der Waals surface area contributed by atoms with Crippen LogP contribution in [0.15, 0.2) is 12.4 Å². The second kappa shape index (κ2) is 5.91. The van der Waals surface area contributed by atoms with E-state index in [4.69, 9.17) is 5.11 Å². The average molecular weight is 282 g/mol. The highest BCUT2D eigenvalue weighted by Gasteiger charge is 2.39. The fourth-order valence-electron chi connectivity index (χ4n) is 2.34. The van der Waals surface area contributed by atoms with Crippen LogP contribution in [-0.4, -0.2) is 55.8 Å². The van der Waals surface area contributed by atoms with Gasteiger partial charge in [0.15, 0.2) is 0 Å². The molecule has 1 aliphatic heterocycles. The molecule has 20 heavy (non-hydrogen) atoms. The predicted octanol–water partition coefficient (Wildman–Crippen LogP) is 0.0902. The van der Waals surface area contributed by atoms with Gasteiger partial charge < -0.3 is 25.4 Å². The summed E-state index contributed by atoms with van der Waals surface area (Å²) in [5, 5.41) is 21.3. The van der Waals surface area contributed by atoms with E-state index < -0.39 is 24.1 Å². The van der Waals surface area contributed by atoms with Crippen LogP contribution in [-0.2, 0) is 4.79 Å². The third-order valence-corrected chi connectivity index (χ3v) is 3.38. The Morgan fingerprint density at radius 1 is 1.65 bits per heavy atom. The number of carboxylic acid groups (broad SMARTS) is 1. The molecule has 2 heterocycles. The topological polar surface area (TPSA) is 119 Å². The van der Waals surface area contributed by atoms with Crippen LogP contribution >= 0.6 is 0 Å². The molecule has 3 atom stereocenters. The molecule has 0 saturated carbocycles. The molecule has 0 bridgehead atoms. The summed E-state index contributed by atoms with van der Waals surface area (Å²) < 4.78 is 0. The van der Waals surface area contributed by atoms with Gasteiger partial charge in [-0.25, -0.2) is 14.6 Å². The molecular weight excluding hydrogens is 264 g/mol. The first-order chi connectivity index (χ1) is 9.52. The van der Waals surface area contributed by atoms with Gasteiger partial charge in [0.1, 0.15) is 11.9 Å². The van der Waals surface area contributed by atoms with Crippen molar-refractivity contribution in [1.29, 1.82) is 0 Å². The van der Waals surface area contributed by atoms with Gasteiger partial charge in [0.05, 0.1) is 12.1 Å². The van der Waals surface area contributed by atoms with Gasteiger partial charge in [0, 0.05) is 25.4 Å². The van der Waals surface area contributed by atoms with Crippen LogP contribution in [0, 0.1) is 0 Å². The molecule has 2 rings (SSSR count). The normalized spacial score (nSPS) is 23.6. The molecule has 1 unspecified atom stereocenters. The Bertz CT molecular complexity index is 476. The Labute approximate surface area is 115 Å². The number of urea groups is 1. The van der Waals surface area contributed by atoms with Crippen LogP contribution in [0.2, 0.25) is 0 Å². The smallest absolute Gasteiger partial charge is 0.326 e. The number of aliphatic hydroxyl groups excluding tert-OH is 1. The third-order valence-electron chi connectivity index (χ3n) is 3.38. The van der Waals surface area contributed by atoms with Crippen molar-refractivity contribution in [3.8, 4) is 0 Å². The molecule has 4 N–H and O–H groups in total. The molecule has 8 heteroatoms. The number of nitrogens with zero attached hydrogens (tertiary/aromatic N) is 2. The number of aliphatic carboxylic acids is 1. The fraction of sp³-hybridized carbons (Fsp3) is 0.583. The monoisotopic (exact) mass is 282 g/mol. The van der Waals surface area contributed by atoms with Crippen LogP contribution in [0.5, 0.6) is 0 Å². The van der Waals surface area contributed by atoms with Gasteiger partial charge in [-0.05, 0) is 6.42 Å². The van der Waals surface area contributed by atoms with Crippen molar-refractivity contribution in [3.05, 3.63) is 18.2 Å². The summed E-state index contributed by atoms with van der Waals surface area (Å²) >= 11 is 0. The van der Waals surface area contributed by atoms with E-state index in [1.54, 1.807) is 12.4 Å². The molecule has 1 fully saturated rings. The summed E-state index contributed by atoms with van der Waals surface area (Å²) in [6.07, 6.45) is 3.12. The lowest BCUT2D eigenvalue weighted by molar-refractivity contribution is -0.141. The molecule has 0 radical (unpaired) electrons. The Morgan fingerprint density at radius 2 is 2.40 bits per heavy atom. The molecule has 2 amide bonds. The van der Waals surface area contributed by atoms with Crippen LogP contribution in [0.25, 0.3) is 0 Å². The Morgan fingerprint density at radius 3 is 2.95 bits per heavy atom. The van der Waals surface area contributed by atoms with Crippen molar-refractivity contribution in [2.24, 2.45) is 0 Å². The number of carbonyl (C=O) groups excluding carboxylic acids is 1. The van der Waals surface area contributed by atoms with Crippen molar-refractivity contribution in [2.45, 2.75) is 38.0 Å². The number of carboxylic acids is 1. The van der Waals surface area contributed by atoms with E-state index in [0.717, 1.165) is 4.90 Å². The summed E-state index contributed by atoms with van der Waals surface area (Å²) in [4.78, 5) is 31.4. The zero-order valence-corrected chi connectivity index (χ0v) is 11.1. The van der Waals surface area contributed by atoms with Crippen molar-refractivity contribution in [2.75, 3.05) is 6.54 Å². The first-order valence-corrected chi connectivity index (χ1v) is 6.50. The lowest BCUT2D eigenvalue weighted by Gasteiger charge is -2.24.